The summed E-state index contributed by atoms with van der Waals surface area (Å²) in [4.78, 5) is 25.3. The molecule has 1 heterocycles. The van der Waals surface area contributed by atoms with Gasteiger partial charge in [-0.2, -0.15) is 0 Å². The summed E-state index contributed by atoms with van der Waals surface area (Å²) >= 11 is 12.3. The van der Waals surface area contributed by atoms with E-state index in [0.29, 0.717) is 37.4 Å². The quantitative estimate of drug-likeness (QED) is 0.639. The highest BCUT2D eigenvalue weighted by Crippen LogP contribution is 2.35. The molecular formula is C20H19Cl2NO6. The summed E-state index contributed by atoms with van der Waals surface area (Å²) in [6.45, 7) is 1.83. The Kier molecular flexibility index (Phi) is 7.10. The van der Waals surface area contributed by atoms with Crippen LogP contribution in [0.25, 0.3) is 0 Å². The molecule has 29 heavy (non-hydrogen) atoms. The van der Waals surface area contributed by atoms with E-state index in [2.05, 4.69) is 0 Å². The van der Waals surface area contributed by atoms with E-state index in [1.165, 1.54) is 12.1 Å². The van der Waals surface area contributed by atoms with Gasteiger partial charge < -0.3 is 19.7 Å². The number of ketones is 1. The number of carbonyl (C=O) groups is 2. The predicted molar refractivity (Wildman–Crippen MR) is 107 cm³/mol. The van der Waals surface area contributed by atoms with Crippen molar-refractivity contribution in [2.75, 3.05) is 32.9 Å². The molecule has 1 atom stereocenters. The topological polar surface area (TPSA) is 96.3 Å². The van der Waals surface area contributed by atoms with E-state index >= 15 is 0 Å². The Hall–Kier alpha value is -2.16. The van der Waals surface area contributed by atoms with Gasteiger partial charge in [0.2, 0.25) is 0 Å². The maximum atomic E-state index is 12.8. The number of halogens is 2. The van der Waals surface area contributed by atoms with Crippen molar-refractivity contribution in [1.82, 2.24) is 4.90 Å². The van der Waals surface area contributed by atoms with E-state index in [1.54, 1.807) is 24.3 Å². The second-order valence-electron chi connectivity index (χ2n) is 6.39. The number of ether oxygens (including phenoxy) is 2. The number of benzene rings is 2. The van der Waals surface area contributed by atoms with Gasteiger partial charge in [0, 0.05) is 24.2 Å². The first-order valence-corrected chi connectivity index (χ1v) is 9.61. The second-order valence-corrected chi connectivity index (χ2v) is 7.15. The highest BCUT2D eigenvalue weighted by molar-refractivity contribution is 6.45. The monoisotopic (exact) mass is 439 g/mol. The van der Waals surface area contributed by atoms with Crippen LogP contribution in [0, 0.1) is 0 Å². The molecule has 0 radical (unpaired) electrons. The zero-order valence-electron chi connectivity index (χ0n) is 15.3. The van der Waals surface area contributed by atoms with Crippen molar-refractivity contribution in [1.29, 1.82) is 0 Å². The van der Waals surface area contributed by atoms with Gasteiger partial charge in [0.25, 0.3) is 0 Å². The summed E-state index contributed by atoms with van der Waals surface area (Å²) in [5.41, 5.74) is 1.21. The molecule has 2 aromatic carbocycles. The number of carboxylic acids is 1. The van der Waals surface area contributed by atoms with Crippen LogP contribution in [0.5, 0.6) is 5.75 Å². The van der Waals surface area contributed by atoms with Gasteiger partial charge in [-0.25, -0.2) is 4.79 Å². The van der Waals surface area contributed by atoms with Crippen LogP contribution in [-0.4, -0.2) is 59.8 Å². The van der Waals surface area contributed by atoms with Crippen LogP contribution in [0.15, 0.2) is 36.4 Å². The van der Waals surface area contributed by atoms with Gasteiger partial charge in [-0.1, -0.05) is 47.5 Å². The molecule has 2 aromatic rings. The Labute approximate surface area is 177 Å². The maximum absolute atomic E-state index is 12.8. The van der Waals surface area contributed by atoms with E-state index in [0.717, 1.165) is 0 Å². The normalized spacial score (nSPS) is 15.7. The van der Waals surface area contributed by atoms with Crippen molar-refractivity contribution < 1.29 is 29.3 Å². The van der Waals surface area contributed by atoms with E-state index in [4.69, 9.17) is 37.8 Å². The molecule has 3 rings (SSSR count). The van der Waals surface area contributed by atoms with E-state index in [1.807, 2.05) is 4.90 Å². The average Bonchev–Trinajstić information content (AvgIpc) is 2.74. The van der Waals surface area contributed by atoms with Crippen molar-refractivity contribution in [2.24, 2.45) is 0 Å². The molecule has 1 fully saturated rings. The predicted octanol–water partition coefficient (Wildman–Crippen LogP) is 3.01. The van der Waals surface area contributed by atoms with Crippen LogP contribution in [0.2, 0.25) is 10.0 Å². The molecule has 2 N–H and O–H groups in total. The average molecular weight is 440 g/mol. The van der Waals surface area contributed by atoms with Crippen molar-refractivity contribution in [2.45, 2.75) is 6.23 Å². The molecule has 0 spiro atoms. The number of hydrogen-bond donors (Lipinski definition) is 2. The van der Waals surface area contributed by atoms with Crippen molar-refractivity contribution >= 4 is 35.0 Å². The number of hydrogen-bond acceptors (Lipinski definition) is 6. The van der Waals surface area contributed by atoms with Crippen LogP contribution in [0.3, 0.4) is 0 Å². The largest absolute Gasteiger partial charge is 0.480 e. The minimum Gasteiger partial charge on any atom is -0.480 e. The summed E-state index contributed by atoms with van der Waals surface area (Å²) in [5, 5.41) is 19.1. The minimum atomic E-state index is -1.16. The molecule has 9 heteroatoms. The summed E-state index contributed by atoms with van der Waals surface area (Å²) in [5.74, 6) is -1.43. The highest BCUT2D eigenvalue weighted by atomic mass is 35.5. The first-order chi connectivity index (χ1) is 13.9. The van der Waals surface area contributed by atoms with Crippen LogP contribution in [0.4, 0.5) is 0 Å². The van der Waals surface area contributed by atoms with Crippen LogP contribution in [0.1, 0.15) is 27.7 Å². The van der Waals surface area contributed by atoms with Gasteiger partial charge in [0.05, 0.1) is 18.2 Å². The van der Waals surface area contributed by atoms with Gasteiger partial charge in [0.15, 0.2) is 12.4 Å². The Morgan fingerprint density at radius 2 is 1.72 bits per heavy atom. The molecule has 1 saturated heterocycles. The fourth-order valence-corrected chi connectivity index (χ4v) is 3.41. The number of rotatable bonds is 7. The fourth-order valence-electron chi connectivity index (χ4n) is 2.95. The third-order valence-electron chi connectivity index (χ3n) is 4.51. The lowest BCUT2D eigenvalue weighted by Gasteiger charge is -2.31. The third-order valence-corrected chi connectivity index (χ3v) is 5.37. The number of nitrogens with zero attached hydrogens (tertiary/aromatic N) is 1. The lowest BCUT2D eigenvalue weighted by molar-refractivity contribution is -0.139. The molecule has 0 aliphatic carbocycles. The van der Waals surface area contributed by atoms with Gasteiger partial charge in [0.1, 0.15) is 17.0 Å². The minimum absolute atomic E-state index is 0.0167. The van der Waals surface area contributed by atoms with Gasteiger partial charge in [-0.05, 0) is 17.7 Å². The number of carboxylic acid groups (broad SMARTS) is 1. The zero-order chi connectivity index (χ0) is 21.0. The number of aliphatic carboxylic acids is 1. The van der Waals surface area contributed by atoms with E-state index in [-0.39, 0.29) is 27.1 Å². The number of aliphatic hydroxyl groups is 1. The molecule has 1 aliphatic rings. The molecule has 7 nitrogen and oxygen atoms in total. The second kappa shape index (κ2) is 9.56. The molecule has 0 saturated carbocycles. The van der Waals surface area contributed by atoms with Crippen LogP contribution >= 0.6 is 23.2 Å². The Morgan fingerprint density at radius 1 is 1.07 bits per heavy atom. The van der Waals surface area contributed by atoms with E-state index in [9.17, 15) is 14.7 Å². The lowest BCUT2D eigenvalue weighted by Crippen LogP contribution is -2.39. The number of carbonyl (C=O) groups excluding carboxylic acids is 1. The van der Waals surface area contributed by atoms with Crippen molar-refractivity contribution in [3.63, 3.8) is 0 Å². The zero-order valence-corrected chi connectivity index (χ0v) is 16.8. The standard InChI is InChI=1S/C20H19Cl2NO6/c21-17-14(5-6-15(18(17)22)29-11-16(24)25)19(26)12-1-3-13(4-2-12)20(27)23-7-9-28-10-8-23/h1-6,20,27H,7-11H2,(H,24,25). The number of aliphatic hydroxyl groups excluding tert-OH is 1. The first kappa shape index (κ1) is 21.5. The summed E-state index contributed by atoms with van der Waals surface area (Å²) < 4.78 is 10.3. The molecule has 154 valence electrons. The molecule has 0 bridgehead atoms. The maximum Gasteiger partial charge on any atom is 0.341 e. The van der Waals surface area contributed by atoms with Crippen LogP contribution < -0.4 is 4.74 Å². The Balaban J connectivity index is 1.76. The molecule has 0 aromatic heterocycles. The fraction of sp³-hybridized carbons (Fsp3) is 0.300. The molecular weight excluding hydrogens is 421 g/mol. The smallest absolute Gasteiger partial charge is 0.341 e. The highest BCUT2D eigenvalue weighted by Gasteiger charge is 2.22. The summed E-state index contributed by atoms with van der Waals surface area (Å²) in [6.07, 6.45) is -0.772. The van der Waals surface area contributed by atoms with Crippen molar-refractivity contribution in [3.8, 4) is 5.75 Å². The van der Waals surface area contributed by atoms with Gasteiger partial charge in [-0.15, -0.1) is 0 Å². The lowest BCUT2D eigenvalue weighted by atomic mass is 10.0. The third kappa shape index (κ3) is 5.07. The number of morpholine rings is 1. The van der Waals surface area contributed by atoms with Gasteiger partial charge in [-0.3, -0.25) is 9.69 Å². The van der Waals surface area contributed by atoms with Gasteiger partial charge >= 0.3 is 5.97 Å². The molecule has 1 unspecified atom stereocenters. The summed E-state index contributed by atoms with van der Waals surface area (Å²) in [7, 11) is 0. The molecule has 1 aliphatic heterocycles. The Bertz CT molecular complexity index is 897. The first-order valence-electron chi connectivity index (χ1n) is 8.85. The Morgan fingerprint density at radius 3 is 2.34 bits per heavy atom. The van der Waals surface area contributed by atoms with Crippen LogP contribution in [-0.2, 0) is 9.53 Å². The summed E-state index contributed by atoms with van der Waals surface area (Å²) in [6, 6.07) is 9.44. The van der Waals surface area contributed by atoms with E-state index < -0.39 is 18.8 Å². The van der Waals surface area contributed by atoms with Crippen molar-refractivity contribution in [3.05, 3.63) is 63.1 Å². The molecule has 0 amide bonds. The SMILES string of the molecule is O=C(O)COc1ccc(C(=O)c2ccc(C(O)N3CCOCC3)cc2)c(Cl)c1Cl.